The third kappa shape index (κ3) is 2.24. The van der Waals surface area contributed by atoms with Crippen LogP contribution in [-0.4, -0.2) is 13.1 Å². The monoisotopic (exact) mass is 250 g/mol. The molecule has 0 saturated carbocycles. The van der Waals surface area contributed by atoms with E-state index < -0.39 is 0 Å². The summed E-state index contributed by atoms with van der Waals surface area (Å²) in [4.78, 5) is 2.19. The first-order valence-corrected chi connectivity index (χ1v) is 6.88. The van der Waals surface area contributed by atoms with Crippen molar-refractivity contribution in [1.82, 2.24) is 0 Å². The number of rotatable bonds is 4. The molecule has 18 heavy (non-hydrogen) atoms. The minimum Gasteiger partial charge on any atom is -0.368 e. The van der Waals surface area contributed by atoms with Crippen molar-refractivity contribution in [1.29, 1.82) is 0 Å². The molecule has 2 rings (SSSR count). The summed E-state index contributed by atoms with van der Waals surface area (Å²) in [6.07, 6.45) is 3.47. The lowest BCUT2D eigenvalue weighted by Gasteiger charge is -2.28. The molecule has 1 fully saturated rings. The largest absolute Gasteiger partial charge is 0.368 e. The van der Waals surface area contributed by atoms with Crippen LogP contribution in [0, 0.1) is 11.2 Å². The maximum absolute atomic E-state index is 14.1. The van der Waals surface area contributed by atoms with Gasteiger partial charge >= 0.3 is 0 Å². The minimum absolute atomic E-state index is 0.138. The van der Waals surface area contributed by atoms with Gasteiger partial charge in [-0.1, -0.05) is 26.0 Å². The van der Waals surface area contributed by atoms with Crippen molar-refractivity contribution >= 4 is 5.69 Å². The fourth-order valence-corrected chi connectivity index (χ4v) is 3.03. The highest BCUT2D eigenvalue weighted by atomic mass is 19.1. The third-order valence-corrected chi connectivity index (χ3v) is 4.54. The average molecular weight is 250 g/mol. The third-order valence-electron chi connectivity index (χ3n) is 4.54. The van der Waals surface area contributed by atoms with Crippen molar-refractivity contribution in [2.45, 2.75) is 39.7 Å². The summed E-state index contributed by atoms with van der Waals surface area (Å²) in [7, 11) is 0. The maximum Gasteiger partial charge on any atom is 0.146 e. The number of hydrogen-bond donors (Lipinski definition) is 1. The van der Waals surface area contributed by atoms with Gasteiger partial charge in [-0.15, -0.1) is 0 Å². The first-order chi connectivity index (χ1) is 8.65. The number of para-hydroxylation sites is 1. The van der Waals surface area contributed by atoms with Gasteiger partial charge in [-0.05, 0) is 36.3 Å². The van der Waals surface area contributed by atoms with Crippen LogP contribution in [-0.2, 0) is 6.54 Å². The van der Waals surface area contributed by atoms with E-state index in [2.05, 4.69) is 18.7 Å². The standard InChI is InChI=1S/C15H23FN2/c1-3-15(4-2)8-9-18(11-15)14-12(10-17)6-5-7-13(14)16/h5-7H,3-4,8-11,17H2,1-2H3. The van der Waals surface area contributed by atoms with Gasteiger partial charge in [-0.3, -0.25) is 0 Å². The Labute approximate surface area is 109 Å². The van der Waals surface area contributed by atoms with Crippen molar-refractivity contribution in [2.24, 2.45) is 11.1 Å². The lowest BCUT2D eigenvalue weighted by Crippen LogP contribution is -2.27. The van der Waals surface area contributed by atoms with Gasteiger partial charge in [0.2, 0.25) is 0 Å². The van der Waals surface area contributed by atoms with Crippen molar-refractivity contribution < 1.29 is 4.39 Å². The number of nitrogens with zero attached hydrogens (tertiary/aromatic N) is 1. The second-order valence-electron chi connectivity index (χ2n) is 5.33. The Morgan fingerprint density at radius 2 is 2.06 bits per heavy atom. The molecule has 1 aliphatic heterocycles. The van der Waals surface area contributed by atoms with Crippen LogP contribution in [0.15, 0.2) is 18.2 Å². The van der Waals surface area contributed by atoms with Crippen molar-refractivity contribution in [2.75, 3.05) is 18.0 Å². The zero-order valence-corrected chi connectivity index (χ0v) is 11.4. The van der Waals surface area contributed by atoms with E-state index in [1.165, 1.54) is 6.07 Å². The van der Waals surface area contributed by atoms with E-state index in [0.717, 1.165) is 43.6 Å². The topological polar surface area (TPSA) is 29.3 Å². The summed E-state index contributed by atoms with van der Waals surface area (Å²) < 4.78 is 14.1. The molecule has 0 atom stereocenters. The molecule has 1 saturated heterocycles. The van der Waals surface area contributed by atoms with Gasteiger partial charge in [0, 0.05) is 19.6 Å². The molecule has 0 bridgehead atoms. The predicted octanol–water partition coefficient (Wildman–Crippen LogP) is 3.30. The van der Waals surface area contributed by atoms with Crippen LogP contribution in [0.3, 0.4) is 0 Å². The molecule has 1 aliphatic rings. The Morgan fingerprint density at radius 3 is 2.61 bits per heavy atom. The van der Waals surface area contributed by atoms with Gasteiger partial charge in [0.25, 0.3) is 0 Å². The summed E-state index contributed by atoms with van der Waals surface area (Å²) in [6.45, 7) is 6.76. The van der Waals surface area contributed by atoms with Gasteiger partial charge in [-0.25, -0.2) is 4.39 Å². The predicted molar refractivity (Wildman–Crippen MR) is 74.1 cm³/mol. The number of hydrogen-bond acceptors (Lipinski definition) is 2. The molecule has 0 unspecified atom stereocenters. The van der Waals surface area contributed by atoms with E-state index in [9.17, 15) is 4.39 Å². The molecule has 3 heteroatoms. The van der Waals surface area contributed by atoms with E-state index in [-0.39, 0.29) is 5.82 Å². The van der Waals surface area contributed by atoms with Crippen molar-refractivity contribution in [3.05, 3.63) is 29.6 Å². The van der Waals surface area contributed by atoms with Gasteiger partial charge < -0.3 is 10.6 Å². The zero-order valence-electron chi connectivity index (χ0n) is 11.4. The van der Waals surface area contributed by atoms with Gasteiger partial charge in [0.1, 0.15) is 5.82 Å². The van der Waals surface area contributed by atoms with Crippen LogP contribution in [0.5, 0.6) is 0 Å². The minimum atomic E-state index is -0.138. The molecule has 2 nitrogen and oxygen atoms in total. The molecule has 0 aromatic heterocycles. The Hall–Kier alpha value is -1.09. The van der Waals surface area contributed by atoms with Gasteiger partial charge in [-0.2, -0.15) is 0 Å². The first kappa shape index (κ1) is 13.3. The molecule has 0 radical (unpaired) electrons. The number of nitrogens with two attached hydrogens (primary N) is 1. The van der Waals surface area contributed by atoms with Gasteiger partial charge in [0.05, 0.1) is 5.69 Å². The average Bonchev–Trinajstić information content (AvgIpc) is 2.83. The number of anilines is 1. The Bertz CT molecular complexity index is 413. The zero-order chi connectivity index (χ0) is 13.2. The second-order valence-corrected chi connectivity index (χ2v) is 5.33. The fraction of sp³-hybridized carbons (Fsp3) is 0.600. The van der Waals surface area contributed by atoms with Crippen LogP contribution in [0.1, 0.15) is 38.7 Å². The van der Waals surface area contributed by atoms with Crippen molar-refractivity contribution in [3.63, 3.8) is 0 Å². The molecule has 100 valence electrons. The maximum atomic E-state index is 14.1. The van der Waals surface area contributed by atoms with E-state index in [1.54, 1.807) is 6.07 Å². The Kier molecular flexibility index (Phi) is 3.91. The summed E-state index contributed by atoms with van der Waals surface area (Å²) in [5.74, 6) is -0.138. The first-order valence-electron chi connectivity index (χ1n) is 6.88. The Morgan fingerprint density at radius 1 is 1.33 bits per heavy atom. The SMILES string of the molecule is CCC1(CC)CCN(c2c(F)cccc2CN)C1. The lowest BCUT2D eigenvalue weighted by molar-refractivity contribution is 0.301. The normalized spacial score (nSPS) is 18.3. The summed E-state index contributed by atoms with van der Waals surface area (Å²) in [5.41, 5.74) is 7.72. The van der Waals surface area contributed by atoms with Crippen molar-refractivity contribution in [3.8, 4) is 0 Å². The molecule has 0 aliphatic carbocycles. The number of benzene rings is 1. The molecule has 1 heterocycles. The quantitative estimate of drug-likeness (QED) is 0.888. The molecule has 2 N–H and O–H groups in total. The molecule has 1 aromatic carbocycles. The second kappa shape index (κ2) is 5.27. The highest BCUT2D eigenvalue weighted by molar-refractivity contribution is 5.56. The number of halogens is 1. The summed E-state index contributed by atoms with van der Waals surface area (Å²) >= 11 is 0. The summed E-state index contributed by atoms with van der Waals surface area (Å²) in [6, 6.07) is 5.20. The van der Waals surface area contributed by atoms with E-state index in [4.69, 9.17) is 5.73 Å². The van der Waals surface area contributed by atoms with Crippen LogP contribution in [0.4, 0.5) is 10.1 Å². The van der Waals surface area contributed by atoms with E-state index in [1.807, 2.05) is 6.07 Å². The smallest absolute Gasteiger partial charge is 0.146 e. The molecule has 0 spiro atoms. The highest BCUT2D eigenvalue weighted by Gasteiger charge is 2.36. The fourth-order valence-electron chi connectivity index (χ4n) is 3.03. The lowest BCUT2D eigenvalue weighted by atomic mass is 9.82. The van der Waals surface area contributed by atoms with E-state index >= 15 is 0 Å². The van der Waals surface area contributed by atoms with Crippen LogP contribution in [0.25, 0.3) is 0 Å². The molecular weight excluding hydrogens is 227 g/mol. The summed E-state index contributed by atoms with van der Waals surface area (Å²) in [5, 5.41) is 0. The van der Waals surface area contributed by atoms with Crippen LogP contribution >= 0.6 is 0 Å². The molecule has 0 amide bonds. The molecule has 1 aromatic rings. The highest BCUT2D eigenvalue weighted by Crippen LogP contribution is 2.40. The van der Waals surface area contributed by atoms with E-state index in [0.29, 0.717) is 12.0 Å². The molecular formula is C15H23FN2. The Balaban J connectivity index is 2.29. The van der Waals surface area contributed by atoms with Crippen LogP contribution < -0.4 is 10.6 Å². The van der Waals surface area contributed by atoms with Crippen LogP contribution in [0.2, 0.25) is 0 Å². The van der Waals surface area contributed by atoms with Gasteiger partial charge in [0.15, 0.2) is 0 Å².